The number of phenols is 1. The Morgan fingerprint density at radius 1 is 1.28 bits per heavy atom. The zero-order valence-corrected chi connectivity index (χ0v) is 11.5. The summed E-state index contributed by atoms with van der Waals surface area (Å²) in [5, 5.41) is 12.9. The van der Waals surface area contributed by atoms with E-state index in [0.29, 0.717) is 16.7 Å². The van der Waals surface area contributed by atoms with Crippen molar-refractivity contribution in [3.63, 3.8) is 0 Å². The number of aryl methyl sites for hydroxylation is 1. The predicted octanol–water partition coefficient (Wildman–Crippen LogP) is 4.21. The second-order valence-electron chi connectivity index (χ2n) is 4.07. The molecule has 0 unspecified atom stereocenters. The molecule has 94 valence electrons. The first-order chi connectivity index (χ1) is 8.58. The fourth-order valence-electron chi connectivity index (χ4n) is 1.67. The highest BCUT2D eigenvalue weighted by Gasteiger charge is 2.04. The minimum absolute atomic E-state index is 0.280. The summed E-state index contributed by atoms with van der Waals surface area (Å²) in [5.74, 6) is -0.0314. The molecule has 0 aliphatic rings. The van der Waals surface area contributed by atoms with Gasteiger partial charge in [-0.1, -0.05) is 18.2 Å². The van der Waals surface area contributed by atoms with Crippen LogP contribution in [0.25, 0.3) is 0 Å². The molecule has 0 aliphatic heterocycles. The van der Waals surface area contributed by atoms with Crippen molar-refractivity contribution in [2.24, 2.45) is 0 Å². The average Bonchev–Trinajstić information content (AvgIpc) is 2.35. The van der Waals surface area contributed by atoms with Gasteiger partial charge in [0.15, 0.2) is 0 Å². The molecule has 0 radical (unpaired) electrons. The zero-order valence-electron chi connectivity index (χ0n) is 9.87. The van der Waals surface area contributed by atoms with Crippen molar-refractivity contribution in [1.29, 1.82) is 0 Å². The highest BCUT2D eigenvalue weighted by Crippen LogP contribution is 2.24. The number of rotatable bonds is 3. The first kappa shape index (κ1) is 12.9. The van der Waals surface area contributed by atoms with E-state index < -0.39 is 0 Å². The molecule has 0 fully saturated rings. The van der Waals surface area contributed by atoms with Crippen LogP contribution in [0.3, 0.4) is 0 Å². The number of aromatic hydroxyl groups is 1. The largest absolute Gasteiger partial charge is 0.507 e. The van der Waals surface area contributed by atoms with E-state index in [9.17, 15) is 9.50 Å². The predicted molar refractivity (Wildman–Crippen MR) is 74.3 cm³/mol. The Morgan fingerprint density at radius 3 is 2.78 bits per heavy atom. The second-order valence-corrected chi connectivity index (χ2v) is 4.92. The van der Waals surface area contributed by atoms with Crippen molar-refractivity contribution >= 4 is 21.6 Å². The highest BCUT2D eigenvalue weighted by atomic mass is 79.9. The number of para-hydroxylation sites is 1. The maximum atomic E-state index is 13.3. The van der Waals surface area contributed by atoms with Crippen LogP contribution in [0.15, 0.2) is 40.9 Å². The number of hydrogen-bond acceptors (Lipinski definition) is 2. The Kier molecular flexibility index (Phi) is 3.87. The molecule has 2 rings (SSSR count). The van der Waals surface area contributed by atoms with E-state index in [1.807, 2.05) is 25.1 Å². The molecule has 0 atom stereocenters. The molecule has 0 aromatic heterocycles. The van der Waals surface area contributed by atoms with Crippen LogP contribution in [0.2, 0.25) is 0 Å². The Hall–Kier alpha value is -1.55. The molecule has 0 heterocycles. The smallest absolute Gasteiger partial charge is 0.139 e. The van der Waals surface area contributed by atoms with Crippen molar-refractivity contribution in [2.45, 2.75) is 13.5 Å². The molecule has 0 bridgehead atoms. The van der Waals surface area contributed by atoms with E-state index in [0.717, 1.165) is 11.1 Å². The lowest BCUT2D eigenvalue weighted by Crippen LogP contribution is -2.00. The molecule has 2 aromatic rings. The summed E-state index contributed by atoms with van der Waals surface area (Å²) in [6.07, 6.45) is 0. The second kappa shape index (κ2) is 5.40. The molecule has 4 heteroatoms. The van der Waals surface area contributed by atoms with Gasteiger partial charge in [0, 0.05) is 17.8 Å². The number of hydrogen-bond donors (Lipinski definition) is 2. The van der Waals surface area contributed by atoms with E-state index in [4.69, 9.17) is 0 Å². The summed E-state index contributed by atoms with van der Waals surface area (Å²) in [6, 6.07) is 10.4. The average molecular weight is 310 g/mol. The maximum Gasteiger partial charge on any atom is 0.139 e. The van der Waals surface area contributed by atoms with Crippen LogP contribution in [0, 0.1) is 12.7 Å². The Morgan fingerprint density at radius 2 is 2.06 bits per heavy atom. The lowest BCUT2D eigenvalue weighted by atomic mass is 10.1. The third-order valence-electron chi connectivity index (χ3n) is 2.72. The van der Waals surface area contributed by atoms with Crippen LogP contribution < -0.4 is 5.32 Å². The topological polar surface area (TPSA) is 32.3 Å². The van der Waals surface area contributed by atoms with Gasteiger partial charge in [-0.05, 0) is 46.6 Å². The highest BCUT2D eigenvalue weighted by molar-refractivity contribution is 9.10. The van der Waals surface area contributed by atoms with Gasteiger partial charge in [0.1, 0.15) is 11.6 Å². The quantitative estimate of drug-likeness (QED) is 0.890. The Balaban J connectivity index is 2.11. The van der Waals surface area contributed by atoms with Crippen LogP contribution in [0.1, 0.15) is 11.1 Å². The van der Waals surface area contributed by atoms with Gasteiger partial charge >= 0.3 is 0 Å². The number of benzene rings is 2. The number of halogens is 2. The van der Waals surface area contributed by atoms with Crippen LogP contribution >= 0.6 is 15.9 Å². The van der Waals surface area contributed by atoms with E-state index in [1.165, 1.54) is 6.07 Å². The van der Waals surface area contributed by atoms with Gasteiger partial charge < -0.3 is 10.4 Å². The van der Waals surface area contributed by atoms with E-state index >= 15 is 0 Å². The fraction of sp³-hybridized carbons (Fsp3) is 0.143. The summed E-state index contributed by atoms with van der Waals surface area (Å²) in [4.78, 5) is 0. The molecular weight excluding hydrogens is 297 g/mol. The molecule has 0 saturated heterocycles. The van der Waals surface area contributed by atoms with E-state index in [2.05, 4.69) is 21.2 Å². The molecular formula is C14H13BrFNO. The van der Waals surface area contributed by atoms with E-state index in [-0.39, 0.29) is 11.6 Å². The van der Waals surface area contributed by atoms with Crippen molar-refractivity contribution < 1.29 is 9.50 Å². The zero-order chi connectivity index (χ0) is 13.1. The number of anilines is 1. The lowest BCUT2D eigenvalue weighted by molar-refractivity contribution is 0.465. The van der Waals surface area contributed by atoms with E-state index in [1.54, 1.807) is 12.1 Å². The van der Waals surface area contributed by atoms with Gasteiger partial charge in [0.2, 0.25) is 0 Å². The minimum Gasteiger partial charge on any atom is -0.507 e. The molecule has 0 saturated carbocycles. The summed E-state index contributed by atoms with van der Waals surface area (Å²) in [6.45, 7) is 2.30. The van der Waals surface area contributed by atoms with Crippen molar-refractivity contribution in [2.75, 3.05) is 5.32 Å². The molecule has 2 nitrogen and oxygen atoms in total. The number of phenolic OH excluding ortho intramolecular Hbond substituents is 1. The van der Waals surface area contributed by atoms with Gasteiger partial charge in [0.25, 0.3) is 0 Å². The van der Waals surface area contributed by atoms with Crippen LogP contribution in [0.4, 0.5) is 10.1 Å². The van der Waals surface area contributed by atoms with Crippen molar-refractivity contribution in [1.82, 2.24) is 0 Å². The van der Waals surface area contributed by atoms with Gasteiger partial charge in [-0.15, -0.1) is 0 Å². The maximum absolute atomic E-state index is 13.3. The normalized spacial score (nSPS) is 10.4. The SMILES string of the molecule is Cc1cccc(CNc2ccc(Br)c(F)c2)c1O. The molecule has 0 amide bonds. The molecule has 0 spiro atoms. The number of nitrogens with one attached hydrogen (secondary N) is 1. The summed E-state index contributed by atoms with van der Waals surface area (Å²) < 4.78 is 13.7. The van der Waals surface area contributed by atoms with Crippen molar-refractivity contribution in [3.05, 3.63) is 57.8 Å². The van der Waals surface area contributed by atoms with Crippen LogP contribution in [0.5, 0.6) is 5.75 Å². The third-order valence-corrected chi connectivity index (χ3v) is 3.37. The Labute approximate surface area is 114 Å². The van der Waals surface area contributed by atoms with Crippen LogP contribution in [-0.4, -0.2) is 5.11 Å². The molecule has 18 heavy (non-hydrogen) atoms. The molecule has 2 aromatic carbocycles. The first-order valence-corrected chi connectivity index (χ1v) is 6.33. The van der Waals surface area contributed by atoms with Gasteiger partial charge in [0.05, 0.1) is 4.47 Å². The molecule has 0 aliphatic carbocycles. The molecule has 2 N–H and O–H groups in total. The summed E-state index contributed by atoms with van der Waals surface area (Å²) >= 11 is 3.10. The lowest BCUT2D eigenvalue weighted by Gasteiger charge is -2.10. The first-order valence-electron chi connectivity index (χ1n) is 5.54. The standard InChI is InChI=1S/C14H13BrFNO/c1-9-3-2-4-10(14(9)18)8-17-11-5-6-12(15)13(16)7-11/h2-7,17-18H,8H2,1H3. The van der Waals surface area contributed by atoms with Gasteiger partial charge in [-0.2, -0.15) is 0 Å². The summed E-state index contributed by atoms with van der Waals surface area (Å²) in [5.41, 5.74) is 2.30. The van der Waals surface area contributed by atoms with Crippen LogP contribution in [-0.2, 0) is 6.54 Å². The fourth-order valence-corrected chi connectivity index (χ4v) is 1.91. The van der Waals surface area contributed by atoms with Gasteiger partial charge in [-0.25, -0.2) is 4.39 Å². The van der Waals surface area contributed by atoms with Gasteiger partial charge in [-0.3, -0.25) is 0 Å². The Bertz CT molecular complexity index is 572. The summed E-state index contributed by atoms with van der Waals surface area (Å²) in [7, 11) is 0. The van der Waals surface area contributed by atoms with Crippen molar-refractivity contribution in [3.8, 4) is 5.75 Å². The minimum atomic E-state index is -0.312. The third kappa shape index (κ3) is 2.82. The monoisotopic (exact) mass is 309 g/mol.